The van der Waals surface area contributed by atoms with Crippen molar-refractivity contribution in [2.45, 2.75) is 6.42 Å². The molecular formula is C15H17N3O5. The van der Waals surface area contributed by atoms with Gasteiger partial charge in [-0.05, 0) is 18.2 Å². The van der Waals surface area contributed by atoms with Gasteiger partial charge in [0.05, 0.1) is 11.2 Å². The molecule has 0 aliphatic heterocycles. The van der Waals surface area contributed by atoms with Gasteiger partial charge in [0, 0.05) is 43.3 Å². The van der Waals surface area contributed by atoms with Gasteiger partial charge in [0.15, 0.2) is 0 Å². The Morgan fingerprint density at radius 3 is 2.83 bits per heavy atom. The Bertz CT molecular complexity index is 657. The molecule has 23 heavy (non-hydrogen) atoms. The first-order valence-corrected chi connectivity index (χ1v) is 7.01. The van der Waals surface area contributed by atoms with Crippen LogP contribution in [0.25, 0.3) is 0 Å². The first kappa shape index (κ1) is 16.5. The van der Waals surface area contributed by atoms with Crippen molar-refractivity contribution in [1.82, 2.24) is 5.32 Å². The molecule has 0 saturated heterocycles. The van der Waals surface area contributed by atoms with Crippen LogP contribution in [-0.2, 0) is 6.42 Å². The Hall–Kier alpha value is -2.87. The Balaban J connectivity index is 1.84. The van der Waals surface area contributed by atoms with Crippen LogP contribution < -0.4 is 10.6 Å². The minimum Gasteiger partial charge on any atom is -0.469 e. The predicted molar refractivity (Wildman–Crippen MR) is 83.1 cm³/mol. The van der Waals surface area contributed by atoms with Gasteiger partial charge < -0.3 is 20.2 Å². The van der Waals surface area contributed by atoms with Crippen LogP contribution in [0.3, 0.4) is 0 Å². The summed E-state index contributed by atoms with van der Waals surface area (Å²) in [6.45, 7) is 0.149. The number of nitro benzene ring substituents is 1. The van der Waals surface area contributed by atoms with Crippen LogP contribution in [0, 0.1) is 16.0 Å². The molecule has 1 atom stereocenters. The van der Waals surface area contributed by atoms with Crippen LogP contribution >= 0.6 is 0 Å². The van der Waals surface area contributed by atoms with Crippen molar-refractivity contribution < 1.29 is 19.2 Å². The Kier molecular flexibility index (Phi) is 5.70. The zero-order valence-electron chi connectivity index (χ0n) is 12.3. The maximum atomic E-state index is 11.8. The second-order valence-corrected chi connectivity index (χ2v) is 4.97. The van der Waals surface area contributed by atoms with Gasteiger partial charge in [-0.2, -0.15) is 0 Å². The number of urea groups is 1. The molecule has 122 valence electrons. The summed E-state index contributed by atoms with van der Waals surface area (Å²) in [5.74, 6) is 0.543. The van der Waals surface area contributed by atoms with Gasteiger partial charge in [-0.25, -0.2) is 4.79 Å². The number of hydrogen-bond acceptors (Lipinski definition) is 5. The summed E-state index contributed by atoms with van der Waals surface area (Å²) >= 11 is 0. The molecule has 8 heteroatoms. The van der Waals surface area contributed by atoms with Crippen molar-refractivity contribution in [3.8, 4) is 0 Å². The Labute approximate surface area is 132 Å². The molecule has 2 aromatic rings. The van der Waals surface area contributed by atoms with Crippen LogP contribution in [0.15, 0.2) is 47.1 Å². The molecule has 2 amide bonds. The van der Waals surface area contributed by atoms with E-state index in [9.17, 15) is 20.0 Å². The van der Waals surface area contributed by atoms with Crippen LogP contribution in [0.1, 0.15) is 5.76 Å². The fourth-order valence-corrected chi connectivity index (χ4v) is 2.02. The van der Waals surface area contributed by atoms with E-state index in [1.54, 1.807) is 24.5 Å². The molecule has 1 aromatic carbocycles. The number of aliphatic hydroxyl groups excluding tert-OH is 1. The number of hydrogen-bond donors (Lipinski definition) is 3. The number of non-ortho nitro benzene ring substituents is 1. The second kappa shape index (κ2) is 7.95. The lowest BCUT2D eigenvalue weighted by atomic mass is 10.1. The van der Waals surface area contributed by atoms with Crippen molar-refractivity contribution in [3.63, 3.8) is 0 Å². The number of rotatable bonds is 7. The molecule has 1 heterocycles. The van der Waals surface area contributed by atoms with Gasteiger partial charge >= 0.3 is 6.03 Å². The highest BCUT2D eigenvalue weighted by Crippen LogP contribution is 2.16. The standard InChI is InChI=1S/C15H17N3O5/c19-10-11(7-14-5-2-6-23-14)9-16-15(20)17-12-3-1-4-13(8-12)18(21)22/h1-6,8,11,19H,7,9-10H2,(H2,16,17,20)/t11-/m1/s1. The van der Waals surface area contributed by atoms with E-state index >= 15 is 0 Å². The smallest absolute Gasteiger partial charge is 0.319 e. The largest absolute Gasteiger partial charge is 0.469 e. The van der Waals surface area contributed by atoms with Crippen LogP contribution in [-0.4, -0.2) is 29.2 Å². The summed E-state index contributed by atoms with van der Waals surface area (Å²) in [5.41, 5.74) is 0.220. The fraction of sp³-hybridized carbons (Fsp3) is 0.267. The molecule has 1 aromatic heterocycles. The van der Waals surface area contributed by atoms with Gasteiger partial charge in [0.25, 0.3) is 5.69 Å². The number of furan rings is 1. The average molecular weight is 319 g/mol. The zero-order chi connectivity index (χ0) is 16.7. The molecule has 0 radical (unpaired) electrons. The number of nitrogens with one attached hydrogen (secondary N) is 2. The zero-order valence-corrected chi connectivity index (χ0v) is 12.3. The van der Waals surface area contributed by atoms with E-state index in [0.29, 0.717) is 12.1 Å². The summed E-state index contributed by atoms with van der Waals surface area (Å²) < 4.78 is 5.20. The highest BCUT2D eigenvalue weighted by atomic mass is 16.6. The number of aliphatic hydroxyl groups is 1. The monoisotopic (exact) mass is 319 g/mol. The van der Waals surface area contributed by atoms with Gasteiger partial charge in [-0.15, -0.1) is 0 Å². The van der Waals surface area contributed by atoms with Crippen molar-refractivity contribution in [2.75, 3.05) is 18.5 Å². The third-order valence-corrected chi connectivity index (χ3v) is 3.19. The number of nitro groups is 1. The first-order chi connectivity index (χ1) is 11.1. The molecule has 0 aliphatic rings. The van der Waals surface area contributed by atoms with Crippen molar-refractivity contribution in [1.29, 1.82) is 0 Å². The summed E-state index contributed by atoms with van der Waals surface area (Å²) in [4.78, 5) is 22.0. The molecule has 3 N–H and O–H groups in total. The normalized spacial score (nSPS) is 11.7. The fourth-order valence-electron chi connectivity index (χ4n) is 2.02. The third-order valence-electron chi connectivity index (χ3n) is 3.19. The molecule has 0 fully saturated rings. The summed E-state index contributed by atoms with van der Waals surface area (Å²) in [6, 6.07) is 8.71. The number of anilines is 1. The van der Waals surface area contributed by atoms with E-state index in [1.807, 2.05) is 0 Å². The van der Waals surface area contributed by atoms with E-state index in [4.69, 9.17) is 4.42 Å². The van der Waals surface area contributed by atoms with E-state index in [0.717, 1.165) is 5.76 Å². The van der Waals surface area contributed by atoms with Crippen molar-refractivity contribution >= 4 is 17.4 Å². The number of benzene rings is 1. The minimum atomic E-state index is -0.533. The number of nitrogens with zero attached hydrogens (tertiary/aromatic N) is 1. The number of carbonyl (C=O) groups excluding carboxylic acids is 1. The SMILES string of the molecule is O=C(NC[C@H](CO)Cc1ccco1)Nc1cccc([N+](=O)[O-])c1. The highest BCUT2D eigenvalue weighted by Gasteiger charge is 2.13. The molecular weight excluding hydrogens is 302 g/mol. The van der Waals surface area contributed by atoms with Gasteiger partial charge in [-0.1, -0.05) is 6.07 Å². The molecule has 0 saturated carbocycles. The van der Waals surface area contributed by atoms with Gasteiger partial charge in [-0.3, -0.25) is 10.1 Å². The Morgan fingerprint density at radius 1 is 1.35 bits per heavy atom. The molecule has 8 nitrogen and oxygen atoms in total. The maximum Gasteiger partial charge on any atom is 0.319 e. The highest BCUT2D eigenvalue weighted by molar-refractivity contribution is 5.89. The first-order valence-electron chi connectivity index (χ1n) is 7.01. The maximum absolute atomic E-state index is 11.8. The quantitative estimate of drug-likeness (QED) is 0.534. The summed E-state index contributed by atoms with van der Waals surface area (Å²) in [6.07, 6.45) is 2.05. The van der Waals surface area contributed by atoms with E-state index in [1.165, 1.54) is 18.2 Å². The van der Waals surface area contributed by atoms with E-state index < -0.39 is 11.0 Å². The average Bonchev–Trinajstić information content (AvgIpc) is 3.04. The van der Waals surface area contributed by atoms with Crippen LogP contribution in [0.4, 0.5) is 16.2 Å². The lowest BCUT2D eigenvalue weighted by Gasteiger charge is -2.14. The second-order valence-electron chi connectivity index (χ2n) is 4.97. The summed E-state index contributed by atoms with van der Waals surface area (Å²) in [7, 11) is 0. The molecule has 0 aliphatic carbocycles. The lowest BCUT2D eigenvalue weighted by Crippen LogP contribution is -2.34. The van der Waals surface area contributed by atoms with Crippen LogP contribution in [0.5, 0.6) is 0 Å². The van der Waals surface area contributed by atoms with Crippen molar-refractivity contribution in [2.24, 2.45) is 5.92 Å². The van der Waals surface area contributed by atoms with Crippen LogP contribution in [0.2, 0.25) is 0 Å². The Morgan fingerprint density at radius 2 is 2.17 bits per heavy atom. The molecule has 0 bridgehead atoms. The third kappa shape index (κ3) is 5.11. The summed E-state index contributed by atoms with van der Waals surface area (Å²) in [5, 5.41) is 25.2. The topological polar surface area (TPSA) is 118 Å². The number of carbonyl (C=O) groups is 1. The lowest BCUT2D eigenvalue weighted by molar-refractivity contribution is -0.384. The molecule has 0 spiro atoms. The predicted octanol–water partition coefficient (Wildman–Crippen LogP) is 2.16. The molecule has 0 unspecified atom stereocenters. The van der Waals surface area contributed by atoms with Gasteiger partial charge in [0.1, 0.15) is 5.76 Å². The van der Waals surface area contributed by atoms with Gasteiger partial charge in [0.2, 0.25) is 0 Å². The van der Waals surface area contributed by atoms with E-state index in [-0.39, 0.29) is 24.8 Å². The molecule has 2 rings (SSSR count). The minimum absolute atomic E-state index is 0.0994. The van der Waals surface area contributed by atoms with Crippen molar-refractivity contribution in [3.05, 3.63) is 58.5 Å². The van der Waals surface area contributed by atoms with E-state index in [2.05, 4.69) is 10.6 Å². The number of amides is 2.